The maximum Gasteiger partial charge on any atom is 0.252 e. The lowest BCUT2D eigenvalue weighted by molar-refractivity contribution is 0.0953. The number of carbonyl (C=O) groups excluding carboxylic acids is 1. The van der Waals surface area contributed by atoms with Crippen molar-refractivity contribution >= 4 is 11.6 Å². The van der Waals surface area contributed by atoms with Gasteiger partial charge in [0.25, 0.3) is 5.91 Å². The van der Waals surface area contributed by atoms with Crippen LogP contribution in [0.1, 0.15) is 15.9 Å². The summed E-state index contributed by atoms with van der Waals surface area (Å²) in [4.78, 5) is 12.5. The molecule has 2 aromatic carbocycles. The molecule has 0 radical (unpaired) electrons. The second kappa shape index (κ2) is 7.37. The van der Waals surface area contributed by atoms with E-state index in [4.69, 9.17) is 0 Å². The van der Waals surface area contributed by atoms with E-state index in [0.29, 0.717) is 23.6 Å². The lowest BCUT2D eigenvalue weighted by atomic mass is 10.1. The van der Waals surface area contributed by atoms with Crippen LogP contribution in [0.15, 0.2) is 72.9 Å². The summed E-state index contributed by atoms with van der Waals surface area (Å²) in [6, 6.07) is 19.5. The van der Waals surface area contributed by atoms with Crippen LogP contribution in [-0.2, 0) is 6.42 Å². The summed E-state index contributed by atoms with van der Waals surface area (Å²) in [7, 11) is 0. The minimum absolute atomic E-state index is 0.161. The van der Waals surface area contributed by atoms with Crippen molar-refractivity contribution < 1.29 is 9.18 Å². The molecule has 4 aromatic rings. The summed E-state index contributed by atoms with van der Waals surface area (Å²) >= 11 is 0. The Labute approximate surface area is 155 Å². The molecule has 0 aliphatic heterocycles. The van der Waals surface area contributed by atoms with Crippen LogP contribution in [0.2, 0.25) is 0 Å². The van der Waals surface area contributed by atoms with E-state index in [1.54, 1.807) is 34.9 Å². The van der Waals surface area contributed by atoms with Crippen molar-refractivity contribution in [1.82, 2.24) is 19.9 Å². The number of halogens is 1. The van der Waals surface area contributed by atoms with E-state index in [0.717, 1.165) is 12.0 Å². The van der Waals surface area contributed by atoms with Gasteiger partial charge < -0.3 is 5.32 Å². The van der Waals surface area contributed by atoms with Crippen LogP contribution in [0.5, 0.6) is 0 Å². The summed E-state index contributed by atoms with van der Waals surface area (Å²) in [5.41, 5.74) is 3.03. The highest BCUT2D eigenvalue weighted by Gasteiger charge is 2.12. The summed E-state index contributed by atoms with van der Waals surface area (Å²) < 4.78 is 14.9. The SMILES string of the molecule is O=C(NCCc1ccccc1)c1ccc2nnc(-c3ccc(F)cc3)n2c1. The van der Waals surface area contributed by atoms with Crippen molar-refractivity contribution in [2.24, 2.45) is 0 Å². The zero-order valence-electron chi connectivity index (χ0n) is 14.5. The average molecular weight is 360 g/mol. The minimum Gasteiger partial charge on any atom is -0.352 e. The van der Waals surface area contributed by atoms with E-state index in [9.17, 15) is 9.18 Å². The molecule has 6 heteroatoms. The van der Waals surface area contributed by atoms with Crippen molar-refractivity contribution in [2.45, 2.75) is 6.42 Å². The predicted octanol–water partition coefficient (Wildman–Crippen LogP) is 3.51. The number of nitrogens with zero attached hydrogens (tertiary/aromatic N) is 3. The Bertz CT molecular complexity index is 1070. The quantitative estimate of drug-likeness (QED) is 0.592. The molecular formula is C21H17FN4O. The molecule has 0 saturated carbocycles. The Hall–Kier alpha value is -3.54. The van der Waals surface area contributed by atoms with E-state index in [2.05, 4.69) is 15.5 Å². The molecule has 1 amide bonds. The standard InChI is InChI=1S/C21H17FN4O/c22-18-9-6-16(7-10-18)20-25-24-19-11-8-17(14-26(19)20)21(27)23-13-12-15-4-2-1-3-5-15/h1-11,14H,12-13H2,(H,23,27). The van der Waals surface area contributed by atoms with E-state index < -0.39 is 0 Å². The fourth-order valence-electron chi connectivity index (χ4n) is 2.89. The van der Waals surface area contributed by atoms with Crippen molar-refractivity contribution in [3.8, 4) is 11.4 Å². The fourth-order valence-corrected chi connectivity index (χ4v) is 2.89. The van der Waals surface area contributed by atoms with Crippen LogP contribution >= 0.6 is 0 Å². The molecule has 2 heterocycles. The van der Waals surface area contributed by atoms with Gasteiger partial charge in [-0.05, 0) is 48.4 Å². The number of rotatable bonds is 5. The zero-order valence-corrected chi connectivity index (χ0v) is 14.5. The number of pyridine rings is 1. The predicted molar refractivity (Wildman–Crippen MR) is 101 cm³/mol. The van der Waals surface area contributed by atoms with Crippen molar-refractivity contribution in [1.29, 1.82) is 0 Å². The molecule has 0 unspecified atom stereocenters. The van der Waals surface area contributed by atoms with Crippen LogP contribution < -0.4 is 5.32 Å². The molecule has 0 spiro atoms. The van der Waals surface area contributed by atoms with Gasteiger partial charge in [-0.3, -0.25) is 9.20 Å². The van der Waals surface area contributed by atoms with Gasteiger partial charge >= 0.3 is 0 Å². The molecule has 0 saturated heterocycles. The number of carbonyl (C=O) groups is 1. The van der Waals surface area contributed by atoms with Gasteiger partial charge in [0.1, 0.15) is 5.82 Å². The molecule has 5 nitrogen and oxygen atoms in total. The van der Waals surface area contributed by atoms with E-state index in [-0.39, 0.29) is 11.7 Å². The Morgan fingerprint density at radius 3 is 2.52 bits per heavy atom. The molecular weight excluding hydrogens is 343 g/mol. The average Bonchev–Trinajstić information content (AvgIpc) is 3.12. The summed E-state index contributed by atoms with van der Waals surface area (Å²) in [6.07, 6.45) is 2.47. The molecule has 0 aliphatic rings. The van der Waals surface area contributed by atoms with Gasteiger partial charge in [-0.1, -0.05) is 30.3 Å². The topological polar surface area (TPSA) is 59.3 Å². The monoisotopic (exact) mass is 360 g/mol. The Morgan fingerprint density at radius 2 is 1.74 bits per heavy atom. The van der Waals surface area contributed by atoms with E-state index in [1.807, 2.05) is 30.3 Å². The smallest absolute Gasteiger partial charge is 0.252 e. The van der Waals surface area contributed by atoms with Gasteiger partial charge in [0.15, 0.2) is 11.5 Å². The third-order valence-corrected chi connectivity index (χ3v) is 4.31. The summed E-state index contributed by atoms with van der Waals surface area (Å²) in [6.45, 7) is 0.549. The highest BCUT2D eigenvalue weighted by Crippen LogP contribution is 2.19. The number of nitrogens with one attached hydrogen (secondary N) is 1. The van der Waals surface area contributed by atoms with Gasteiger partial charge in [0, 0.05) is 18.3 Å². The van der Waals surface area contributed by atoms with Crippen LogP contribution in [0.4, 0.5) is 4.39 Å². The first-order chi connectivity index (χ1) is 13.2. The zero-order chi connectivity index (χ0) is 18.6. The second-order valence-electron chi connectivity index (χ2n) is 6.17. The molecule has 0 atom stereocenters. The van der Waals surface area contributed by atoms with Crippen LogP contribution in [0.3, 0.4) is 0 Å². The van der Waals surface area contributed by atoms with E-state index in [1.165, 1.54) is 17.7 Å². The van der Waals surface area contributed by atoms with Gasteiger partial charge in [0.05, 0.1) is 5.56 Å². The molecule has 2 aromatic heterocycles. The second-order valence-corrected chi connectivity index (χ2v) is 6.17. The first-order valence-electron chi connectivity index (χ1n) is 8.63. The molecule has 0 aliphatic carbocycles. The highest BCUT2D eigenvalue weighted by atomic mass is 19.1. The lowest BCUT2D eigenvalue weighted by Gasteiger charge is -2.07. The van der Waals surface area contributed by atoms with Gasteiger partial charge in [-0.25, -0.2) is 4.39 Å². The first-order valence-corrected chi connectivity index (χ1v) is 8.63. The van der Waals surface area contributed by atoms with Crippen molar-refractivity contribution in [3.05, 3.63) is 89.9 Å². The first kappa shape index (κ1) is 16.9. The van der Waals surface area contributed by atoms with Crippen LogP contribution in [-0.4, -0.2) is 27.0 Å². The fraction of sp³-hybridized carbons (Fsp3) is 0.0952. The van der Waals surface area contributed by atoms with Gasteiger partial charge in [0.2, 0.25) is 0 Å². The minimum atomic E-state index is -0.314. The van der Waals surface area contributed by atoms with Crippen molar-refractivity contribution in [2.75, 3.05) is 6.54 Å². The van der Waals surface area contributed by atoms with Crippen LogP contribution in [0, 0.1) is 5.82 Å². The molecule has 0 fully saturated rings. The largest absolute Gasteiger partial charge is 0.352 e. The molecule has 27 heavy (non-hydrogen) atoms. The maximum absolute atomic E-state index is 13.2. The molecule has 134 valence electrons. The maximum atomic E-state index is 13.2. The molecule has 1 N–H and O–H groups in total. The number of fused-ring (bicyclic) bond motifs is 1. The molecule has 0 bridgehead atoms. The highest BCUT2D eigenvalue weighted by molar-refractivity contribution is 5.94. The summed E-state index contributed by atoms with van der Waals surface area (Å²) in [5, 5.41) is 11.2. The Balaban J connectivity index is 1.53. The number of aromatic nitrogens is 3. The number of amides is 1. The lowest BCUT2D eigenvalue weighted by Crippen LogP contribution is -2.25. The van der Waals surface area contributed by atoms with Gasteiger partial charge in [-0.2, -0.15) is 0 Å². The van der Waals surface area contributed by atoms with Crippen molar-refractivity contribution in [3.63, 3.8) is 0 Å². The van der Waals surface area contributed by atoms with Crippen LogP contribution in [0.25, 0.3) is 17.0 Å². The third kappa shape index (κ3) is 3.69. The Morgan fingerprint density at radius 1 is 0.963 bits per heavy atom. The number of hydrogen-bond donors (Lipinski definition) is 1. The Kier molecular flexibility index (Phi) is 4.61. The summed E-state index contributed by atoms with van der Waals surface area (Å²) in [5.74, 6) is 0.0848. The molecule has 4 rings (SSSR count). The third-order valence-electron chi connectivity index (χ3n) is 4.31. The number of benzene rings is 2. The number of hydrogen-bond acceptors (Lipinski definition) is 3. The van der Waals surface area contributed by atoms with Gasteiger partial charge in [-0.15, -0.1) is 10.2 Å². The normalized spacial score (nSPS) is 10.9. The van der Waals surface area contributed by atoms with E-state index >= 15 is 0 Å².